The highest BCUT2D eigenvalue weighted by Crippen LogP contribution is 2.38. The molecule has 1 aliphatic rings. The van der Waals surface area contributed by atoms with Crippen LogP contribution >= 0.6 is 0 Å². The van der Waals surface area contributed by atoms with Gasteiger partial charge in [-0.05, 0) is 37.1 Å². The van der Waals surface area contributed by atoms with Crippen LogP contribution in [-0.2, 0) is 11.2 Å². The zero-order valence-corrected chi connectivity index (χ0v) is 14.0. The van der Waals surface area contributed by atoms with E-state index in [4.69, 9.17) is 0 Å². The molecule has 0 aliphatic carbocycles. The SMILES string of the molecule is CC(C(=O)Nc1ccccc1N1CCc2ccccc21)n1cncn1. The Morgan fingerprint density at radius 1 is 1.12 bits per heavy atom. The summed E-state index contributed by atoms with van der Waals surface area (Å²) in [5.41, 5.74) is 4.34. The smallest absolute Gasteiger partial charge is 0.249 e. The van der Waals surface area contributed by atoms with Crippen molar-refractivity contribution in [1.29, 1.82) is 0 Å². The second kappa shape index (κ2) is 6.39. The average molecular weight is 333 g/mol. The van der Waals surface area contributed by atoms with Gasteiger partial charge < -0.3 is 10.2 Å². The van der Waals surface area contributed by atoms with Crippen LogP contribution in [0.3, 0.4) is 0 Å². The Morgan fingerprint density at radius 2 is 1.88 bits per heavy atom. The van der Waals surface area contributed by atoms with E-state index in [9.17, 15) is 4.79 Å². The van der Waals surface area contributed by atoms with Gasteiger partial charge in [0.25, 0.3) is 0 Å². The lowest BCUT2D eigenvalue weighted by Crippen LogP contribution is -2.25. The summed E-state index contributed by atoms with van der Waals surface area (Å²) >= 11 is 0. The second-order valence-corrected chi connectivity index (χ2v) is 6.09. The third kappa shape index (κ3) is 2.87. The highest BCUT2D eigenvalue weighted by Gasteiger charge is 2.23. The Hall–Kier alpha value is -3.15. The van der Waals surface area contributed by atoms with Crippen molar-refractivity contribution in [1.82, 2.24) is 14.8 Å². The van der Waals surface area contributed by atoms with Gasteiger partial charge in [-0.3, -0.25) is 4.79 Å². The summed E-state index contributed by atoms with van der Waals surface area (Å²) in [6, 6.07) is 15.9. The van der Waals surface area contributed by atoms with Crippen molar-refractivity contribution in [2.24, 2.45) is 0 Å². The number of carbonyl (C=O) groups excluding carboxylic acids is 1. The number of hydrogen-bond donors (Lipinski definition) is 1. The van der Waals surface area contributed by atoms with Gasteiger partial charge in [-0.15, -0.1) is 0 Å². The molecule has 0 saturated heterocycles. The number of para-hydroxylation sites is 3. The third-order valence-electron chi connectivity index (χ3n) is 4.55. The molecule has 1 aliphatic heterocycles. The molecule has 0 radical (unpaired) electrons. The van der Waals surface area contributed by atoms with Crippen LogP contribution in [0.15, 0.2) is 61.2 Å². The van der Waals surface area contributed by atoms with Crippen LogP contribution in [0.4, 0.5) is 17.1 Å². The topological polar surface area (TPSA) is 63.1 Å². The number of rotatable bonds is 4. The normalized spacial score (nSPS) is 14.2. The molecule has 0 spiro atoms. The van der Waals surface area contributed by atoms with E-state index < -0.39 is 6.04 Å². The van der Waals surface area contributed by atoms with Crippen LogP contribution in [0.5, 0.6) is 0 Å². The first-order valence-corrected chi connectivity index (χ1v) is 8.33. The van der Waals surface area contributed by atoms with E-state index in [1.807, 2.05) is 30.3 Å². The van der Waals surface area contributed by atoms with Crippen LogP contribution in [0.1, 0.15) is 18.5 Å². The quantitative estimate of drug-likeness (QED) is 0.796. The Bertz CT molecular complexity index is 890. The van der Waals surface area contributed by atoms with E-state index in [-0.39, 0.29) is 5.91 Å². The number of fused-ring (bicyclic) bond motifs is 1. The Balaban J connectivity index is 1.61. The van der Waals surface area contributed by atoms with Crippen LogP contribution < -0.4 is 10.2 Å². The van der Waals surface area contributed by atoms with Crippen LogP contribution in [0.2, 0.25) is 0 Å². The zero-order chi connectivity index (χ0) is 17.2. The summed E-state index contributed by atoms with van der Waals surface area (Å²) in [6.45, 7) is 2.71. The fourth-order valence-corrected chi connectivity index (χ4v) is 3.18. The van der Waals surface area contributed by atoms with E-state index in [1.54, 1.807) is 17.9 Å². The molecule has 0 saturated carbocycles. The first-order chi connectivity index (χ1) is 12.2. The molecule has 0 bridgehead atoms. The van der Waals surface area contributed by atoms with Crippen LogP contribution in [0, 0.1) is 0 Å². The molecule has 1 atom stereocenters. The summed E-state index contributed by atoms with van der Waals surface area (Å²) in [5.74, 6) is -0.120. The summed E-state index contributed by atoms with van der Waals surface area (Å²) in [7, 11) is 0. The minimum absolute atomic E-state index is 0.120. The van der Waals surface area contributed by atoms with E-state index >= 15 is 0 Å². The molecule has 3 aromatic rings. The maximum atomic E-state index is 12.6. The lowest BCUT2D eigenvalue weighted by atomic mass is 10.1. The number of anilines is 3. The first kappa shape index (κ1) is 15.4. The molecule has 1 amide bonds. The monoisotopic (exact) mass is 333 g/mol. The lowest BCUT2D eigenvalue weighted by molar-refractivity contribution is -0.119. The van der Waals surface area contributed by atoms with Gasteiger partial charge in [0.15, 0.2) is 0 Å². The number of nitrogens with zero attached hydrogens (tertiary/aromatic N) is 4. The maximum absolute atomic E-state index is 12.6. The first-order valence-electron chi connectivity index (χ1n) is 8.33. The largest absolute Gasteiger partial charge is 0.339 e. The number of amides is 1. The summed E-state index contributed by atoms with van der Waals surface area (Å²) in [5, 5.41) is 7.08. The molecule has 6 heteroatoms. The summed E-state index contributed by atoms with van der Waals surface area (Å²) in [4.78, 5) is 18.8. The van der Waals surface area contributed by atoms with Crippen molar-refractivity contribution in [2.75, 3.05) is 16.8 Å². The molecule has 2 aromatic carbocycles. The minimum atomic E-state index is -0.429. The fourth-order valence-electron chi connectivity index (χ4n) is 3.18. The molecular weight excluding hydrogens is 314 g/mol. The van der Waals surface area contributed by atoms with Crippen LogP contribution in [-0.4, -0.2) is 27.2 Å². The molecule has 0 fully saturated rings. The van der Waals surface area contributed by atoms with E-state index in [1.165, 1.54) is 17.6 Å². The predicted molar refractivity (Wildman–Crippen MR) is 97.0 cm³/mol. The minimum Gasteiger partial charge on any atom is -0.339 e. The standard InChI is InChI=1S/C19H19N5O/c1-14(24-13-20-12-21-24)19(25)22-16-7-3-5-9-18(16)23-11-10-15-6-2-4-8-17(15)23/h2-9,12-14H,10-11H2,1H3,(H,22,25). The van der Waals surface area contributed by atoms with Gasteiger partial charge in [-0.25, -0.2) is 9.67 Å². The highest BCUT2D eigenvalue weighted by molar-refractivity contribution is 5.97. The third-order valence-corrected chi connectivity index (χ3v) is 4.55. The maximum Gasteiger partial charge on any atom is 0.249 e. The molecule has 1 aromatic heterocycles. The van der Waals surface area contributed by atoms with E-state index in [0.717, 1.165) is 24.3 Å². The van der Waals surface area contributed by atoms with Crippen molar-refractivity contribution < 1.29 is 4.79 Å². The van der Waals surface area contributed by atoms with Gasteiger partial charge in [0.2, 0.25) is 5.91 Å². The zero-order valence-electron chi connectivity index (χ0n) is 14.0. The number of benzene rings is 2. The summed E-state index contributed by atoms with van der Waals surface area (Å²) < 4.78 is 1.54. The van der Waals surface area contributed by atoms with Gasteiger partial charge in [0.1, 0.15) is 18.7 Å². The van der Waals surface area contributed by atoms with Crippen molar-refractivity contribution in [3.8, 4) is 0 Å². The number of hydrogen-bond acceptors (Lipinski definition) is 4. The van der Waals surface area contributed by atoms with Gasteiger partial charge in [-0.2, -0.15) is 5.10 Å². The van der Waals surface area contributed by atoms with Crippen molar-refractivity contribution >= 4 is 23.0 Å². The fraction of sp³-hybridized carbons (Fsp3) is 0.211. The van der Waals surface area contributed by atoms with E-state index in [2.05, 4.69) is 38.5 Å². The number of aromatic nitrogens is 3. The molecule has 25 heavy (non-hydrogen) atoms. The van der Waals surface area contributed by atoms with Crippen LogP contribution in [0.25, 0.3) is 0 Å². The Kier molecular flexibility index (Phi) is 3.93. The molecule has 126 valence electrons. The molecule has 1 N–H and O–H groups in total. The van der Waals surface area contributed by atoms with Gasteiger partial charge in [-0.1, -0.05) is 30.3 Å². The number of carbonyl (C=O) groups is 1. The van der Waals surface area contributed by atoms with Gasteiger partial charge in [0, 0.05) is 12.2 Å². The van der Waals surface area contributed by atoms with Crippen molar-refractivity contribution in [3.05, 3.63) is 66.7 Å². The molecule has 4 rings (SSSR count). The Morgan fingerprint density at radius 3 is 2.68 bits per heavy atom. The number of nitrogens with one attached hydrogen (secondary N) is 1. The van der Waals surface area contributed by atoms with Crippen molar-refractivity contribution in [3.63, 3.8) is 0 Å². The van der Waals surface area contributed by atoms with Gasteiger partial charge >= 0.3 is 0 Å². The molecule has 2 heterocycles. The second-order valence-electron chi connectivity index (χ2n) is 6.09. The molecule has 6 nitrogen and oxygen atoms in total. The summed E-state index contributed by atoms with van der Waals surface area (Å²) in [6.07, 6.45) is 3.99. The molecule has 1 unspecified atom stereocenters. The predicted octanol–water partition coefficient (Wildman–Crippen LogP) is 3.17. The van der Waals surface area contributed by atoms with Crippen molar-refractivity contribution in [2.45, 2.75) is 19.4 Å². The van der Waals surface area contributed by atoms with Gasteiger partial charge in [0.05, 0.1) is 11.4 Å². The highest BCUT2D eigenvalue weighted by atomic mass is 16.2. The molecular formula is C19H19N5O. The average Bonchev–Trinajstić information content (AvgIpc) is 3.31. The lowest BCUT2D eigenvalue weighted by Gasteiger charge is -2.23. The Labute approximate surface area is 146 Å². The van der Waals surface area contributed by atoms with E-state index in [0.29, 0.717) is 0 Å².